The fraction of sp³-hybridized carbons (Fsp3) is 0.231. The number of methoxy groups -OCH3 is 1. The smallest absolute Gasteiger partial charge is 0.336 e. The first-order chi connectivity index (χ1) is 9.43. The fourth-order valence-electron chi connectivity index (χ4n) is 1.26. The number of esters is 1. The number of carbonyl (C=O) groups is 2. The first-order valence-corrected chi connectivity index (χ1v) is 5.56. The highest BCUT2D eigenvalue weighted by atomic mass is 16.5. The molecule has 7 nitrogen and oxygen atoms in total. The van der Waals surface area contributed by atoms with Crippen LogP contribution < -0.4 is 4.74 Å². The van der Waals surface area contributed by atoms with Gasteiger partial charge >= 0.3 is 11.9 Å². The van der Waals surface area contributed by atoms with Gasteiger partial charge in [-0.05, 0) is 23.8 Å². The van der Waals surface area contributed by atoms with Crippen molar-refractivity contribution in [1.29, 1.82) is 0 Å². The molecule has 0 aromatic heterocycles. The van der Waals surface area contributed by atoms with Gasteiger partial charge in [0.15, 0.2) is 17.6 Å². The van der Waals surface area contributed by atoms with Gasteiger partial charge < -0.3 is 24.8 Å². The van der Waals surface area contributed by atoms with Crippen molar-refractivity contribution in [2.24, 2.45) is 0 Å². The number of carboxylic acids is 1. The van der Waals surface area contributed by atoms with Gasteiger partial charge in [-0.25, -0.2) is 9.59 Å². The molecule has 0 spiro atoms. The standard InChI is InChI=1S/C13H14O7/c1-19-11-4-2-8(6-9(11)14)3-5-12(16)20-7-10(15)13(17)18/h2-6,10,14-15H,7H2,1H3,(H,17,18). The number of aliphatic hydroxyl groups is 1. The van der Waals surface area contributed by atoms with Crippen LogP contribution in [0.25, 0.3) is 6.08 Å². The van der Waals surface area contributed by atoms with Crippen LogP contribution in [0.3, 0.4) is 0 Å². The second kappa shape index (κ2) is 7.15. The van der Waals surface area contributed by atoms with Crippen LogP contribution in [0.1, 0.15) is 5.56 Å². The summed E-state index contributed by atoms with van der Waals surface area (Å²) in [6.07, 6.45) is 0.669. The topological polar surface area (TPSA) is 113 Å². The van der Waals surface area contributed by atoms with Crippen molar-refractivity contribution in [2.45, 2.75) is 6.10 Å². The third-order valence-corrected chi connectivity index (χ3v) is 2.28. The van der Waals surface area contributed by atoms with E-state index in [-0.39, 0.29) is 5.75 Å². The lowest BCUT2D eigenvalue weighted by atomic mass is 10.2. The minimum Gasteiger partial charge on any atom is -0.504 e. The number of phenols is 1. The first-order valence-electron chi connectivity index (χ1n) is 5.56. The van der Waals surface area contributed by atoms with E-state index in [0.717, 1.165) is 6.08 Å². The molecule has 0 heterocycles. The Morgan fingerprint density at radius 1 is 1.40 bits per heavy atom. The highest BCUT2D eigenvalue weighted by Gasteiger charge is 2.14. The van der Waals surface area contributed by atoms with Crippen molar-refractivity contribution in [1.82, 2.24) is 0 Å². The molecule has 7 heteroatoms. The largest absolute Gasteiger partial charge is 0.504 e. The van der Waals surface area contributed by atoms with Crippen LogP contribution in [0.15, 0.2) is 24.3 Å². The quantitative estimate of drug-likeness (QED) is 0.511. The molecule has 1 aromatic carbocycles. The highest BCUT2D eigenvalue weighted by molar-refractivity contribution is 5.87. The summed E-state index contributed by atoms with van der Waals surface area (Å²) < 4.78 is 9.38. The molecule has 0 bridgehead atoms. The molecule has 20 heavy (non-hydrogen) atoms. The summed E-state index contributed by atoms with van der Waals surface area (Å²) >= 11 is 0. The summed E-state index contributed by atoms with van der Waals surface area (Å²) in [7, 11) is 1.41. The van der Waals surface area contributed by atoms with E-state index in [9.17, 15) is 14.7 Å². The van der Waals surface area contributed by atoms with E-state index < -0.39 is 24.6 Å². The number of carbonyl (C=O) groups excluding carboxylic acids is 1. The summed E-state index contributed by atoms with van der Waals surface area (Å²) in [4.78, 5) is 21.5. The number of hydrogen-bond acceptors (Lipinski definition) is 6. The van der Waals surface area contributed by atoms with Gasteiger partial charge in [0.1, 0.15) is 6.61 Å². The maximum absolute atomic E-state index is 11.3. The molecule has 1 unspecified atom stereocenters. The third kappa shape index (κ3) is 4.62. The number of ether oxygens (including phenoxy) is 2. The SMILES string of the molecule is COc1ccc(C=CC(=O)OCC(O)C(=O)O)cc1O. The number of aliphatic hydroxyl groups excluding tert-OH is 1. The second-order valence-electron chi connectivity index (χ2n) is 3.75. The van der Waals surface area contributed by atoms with E-state index in [0.29, 0.717) is 11.3 Å². The van der Waals surface area contributed by atoms with Crippen LogP contribution in [-0.4, -0.2) is 47.1 Å². The monoisotopic (exact) mass is 282 g/mol. The summed E-state index contributed by atoms with van der Waals surface area (Å²) in [5.41, 5.74) is 0.527. The van der Waals surface area contributed by atoms with E-state index >= 15 is 0 Å². The van der Waals surface area contributed by atoms with Gasteiger partial charge in [-0.15, -0.1) is 0 Å². The van der Waals surface area contributed by atoms with Crippen LogP contribution >= 0.6 is 0 Å². The Balaban J connectivity index is 2.57. The number of aromatic hydroxyl groups is 1. The third-order valence-electron chi connectivity index (χ3n) is 2.28. The van der Waals surface area contributed by atoms with Gasteiger partial charge in [-0.1, -0.05) is 6.07 Å². The van der Waals surface area contributed by atoms with Gasteiger partial charge in [0, 0.05) is 6.08 Å². The second-order valence-corrected chi connectivity index (χ2v) is 3.75. The molecule has 0 saturated heterocycles. The molecule has 0 aliphatic heterocycles. The number of carboxylic acid groups (broad SMARTS) is 1. The highest BCUT2D eigenvalue weighted by Crippen LogP contribution is 2.26. The van der Waals surface area contributed by atoms with Crippen molar-refractivity contribution < 1.29 is 34.4 Å². The number of aliphatic carboxylic acids is 1. The normalized spacial score (nSPS) is 12.1. The van der Waals surface area contributed by atoms with E-state index in [1.165, 1.54) is 25.3 Å². The molecule has 108 valence electrons. The number of benzene rings is 1. The molecule has 0 fully saturated rings. The van der Waals surface area contributed by atoms with Crippen LogP contribution in [0.5, 0.6) is 11.5 Å². The molecule has 0 aliphatic carbocycles. The minimum absolute atomic E-state index is 0.0793. The van der Waals surface area contributed by atoms with Crippen molar-refractivity contribution >= 4 is 18.0 Å². The van der Waals surface area contributed by atoms with Gasteiger partial charge in [0.2, 0.25) is 0 Å². The van der Waals surface area contributed by atoms with Crippen molar-refractivity contribution in [3.63, 3.8) is 0 Å². The Bertz CT molecular complexity index is 521. The van der Waals surface area contributed by atoms with Crippen LogP contribution in [0.2, 0.25) is 0 Å². The van der Waals surface area contributed by atoms with Gasteiger partial charge in [-0.2, -0.15) is 0 Å². The van der Waals surface area contributed by atoms with Crippen molar-refractivity contribution in [2.75, 3.05) is 13.7 Å². The predicted octanol–water partition coefficient (Wildman–Crippen LogP) is 0.403. The molecule has 0 aliphatic rings. The molecular formula is C13H14O7. The average molecular weight is 282 g/mol. The minimum atomic E-state index is -1.75. The molecule has 1 atom stereocenters. The van der Waals surface area contributed by atoms with E-state index in [4.69, 9.17) is 14.9 Å². The molecule has 0 radical (unpaired) electrons. The Morgan fingerprint density at radius 3 is 2.65 bits per heavy atom. The summed E-state index contributed by atoms with van der Waals surface area (Å²) in [6, 6.07) is 4.51. The maximum Gasteiger partial charge on any atom is 0.336 e. The molecule has 0 amide bonds. The Hall–Kier alpha value is -2.54. The summed E-state index contributed by atoms with van der Waals surface area (Å²) in [6.45, 7) is -0.633. The van der Waals surface area contributed by atoms with Gasteiger partial charge in [0.05, 0.1) is 7.11 Å². The predicted molar refractivity (Wildman–Crippen MR) is 68.3 cm³/mol. The average Bonchev–Trinajstić information content (AvgIpc) is 2.42. The van der Waals surface area contributed by atoms with E-state index in [2.05, 4.69) is 4.74 Å². The lowest BCUT2D eigenvalue weighted by Gasteiger charge is -2.05. The molecule has 0 saturated carbocycles. The number of hydrogen-bond donors (Lipinski definition) is 3. The maximum atomic E-state index is 11.3. The van der Waals surface area contributed by atoms with Crippen LogP contribution in [-0.2, 0) is 14.3 Å². The van der Waals surface area contributed by atoms with Gasteiger partial charge in [0.25, 0.3) is 0 Å². The van der Waals surface area contributed by atoms with E-state index in [1.54, 1.807) is 6.07 Å². The summed E-state index contributed by atoms with van der Waals surface area (Å²) in [5, 5.41) is 26.8. The number of phenolic OH excluding ortho intramolecular Hbond substituents is 1. The lowest BCUT2D eigenvalue weighted by molar-refractivity contribution is -0.153. The molecule has 1 aromatic rings. The summed E-state index contributed by atoms with van der Waals surface area (Å²) in [5.74, 6) is -2.05. The Labute approximate surface area is 114 Å². The Kier molecular flexibility index (Phi) is 5.55. The zero-order valence-electron chi connectivity index (χ0n) is 10.6. The Morgan fingerprint density at radius 2 is 2.10 bits per heavy atom. The van der Waals surface area contributed by atoms with E-state index in [1.807, 2.05) is 0 Å². The van der Waals surface area contributed by atoms with Crippen LogP contribution in [0.4, 0.5) is 0 Å². The van der Waals surface area contributed by atoms with Gasteiger partial charge in [-0.3, -0.25) is 0 Å². The van der Waals surface area contributed by atoms with Crippen molar-refractivity contribution in [3.05, 3.63) is 29.8 Å². The first kappa shape index (κ1) is 15.5. The molecule has 3 N–H and O–H groups in total. The fourth-order valence-corrected chi connectivity index (χ4v) is 1.26. The van der Waals surface area contributed by atoms with Crippen molar-refractivity contribution in [3.8, 4) is 11.5 Å². The van der Waals surface area contributed by atoms with Crippen LogP contribution in [0, 0.1) is 0 Å². The zero-order valence-corrected chi connectivity index (χ0v) is 10.6. The lowest BCUT2D eigenvalue weighted by Crippen LogP contribution is -2.26. The molecule has 1 rings (SSSR count). The zero-order chi connectivity index (χ0) is 15.1. The number of rotatable bonds is 6. The molecular weight excluding hydrogens is 268 g/mol.